The Bertz CT molecular complexity index is 677. The van der Waals surface area contributed by atoms with Crippen LogP contribution in [0.3, 0.4) is 0 Å². The Hall–Kier alpha value is -1.22. The first-order valence-electron chi connectivity index (χ1n) is 10.8. The summed E-state index contributed by atoms with van der Waals surface area (Å²) < 4.78 is 10.9. The first-order valence-corrected chi connectivity index (χ1v) is 10.8. The zero-order chi connectivity index (χ0) is 21.4. The van der Waals surface area contributed by atoms with Crippen LogP contribution in [0, 0.1) is 5.92 Å². The van der Waals surface area contributed by atoms with Crippen LogP contribution in [0.1, 0.15) is 39.7 Å². The topological polar surface area (TPSA) is 49.3 Å². The van der Waals surface area contributed by atoms with Gasteiger partial charge in [0.2, 0.25) is 0 Å². The van der Waals surface area contributed by atoms with E-state index < -0.39 is 0 Å². The molecular weight excluding hydrogens is 491 g/mol. The van der Waals surface area contributed by atoms with E-state index in [9.17, 15) is 0 Å². The van der Waals surface area contributed by atoms with Gasteiger partial charge in [-0.1, -0.05) is 33.8 Å². The van der Waals surface area contributed by atoms with Gasteiger partial charge < -0.3 is 24.6 Å². The average Bonchev–Trinajstić information content (AvgIpc) is 3.20. The molecule has 1 aromatic rings. The number of likely N-dealkylation sites (tertiary alicyclic amines) is 1. The van der Waals surface area contributed by atoms with E-state index in [4.69, 9.17) is 9.47 Å². The average molecular weight is 533 g/mol. The third-order valence-corrected chi connectivity index (χ3v) is 6.06. The third kappa shape index (κ3) is 6.90. The molecule has 1 heterocycles. The van der Waals surface area contributed by atoms with Crippen molar-refractivity contribution < 1.29 is 9.47 Å². The van der Waals surface area contributed by atoms with Gasteiger partial charge in [0.1, 0.15) is 0 Å². The molecule has 2 rings (SSSR count). The molecule has 6 nitrogen and oxygen atoms in total. The third-order valence-electron chi connectivity index (χ3n) is 6.06. The molecule has 1 N–H and O–H groups in total. The number of guanidine groups is 1. The van der Waals surface area contributed by atoms with Crippen LogP contribution >= 0.6 is 24.0 Å². The summed E-state index contributed by atoms with van der Waals surface area (Å²) in [6.07, 6.45) is 1.23. The van der Waals surface area contributed by atoms with E-state index >= 15 is 0 Å². The predicted octanol–water partition coefficient (Wildman–Crippen LogP) is 3.84. The molecule has 1 saturated heterocycles. The molecule has 0 saturated carbocycles. The van der Waals surface area contributed by atoms with E-state index in [2.05, 4.69) is 59.9 Å². The van der Waals surface area contributed by atoms with Gasteiger partial charge in [0.05, 0.1) is 14.2 Å². The number of nitrogens with zero attached hydrogens (tertiary/aromatic N) is 3. The molecule has 0 bridgehead atoms. The SMILES string of the molecule is CCN(CC)CC1CCN(C(=NC)NCC(C)(C)c2ccc(OC)c(OC)c2)C1.I. The number of halogens is 1. The standard InChI is InChI=1S/C23H40N4O2.HI/c1-8-26(9-2)15-18-12-13-27(16-18)22(24-5)25-17-23(3,4)19-10-11-20(28-6)21(14-19)29-7;/h10-11,14,18H,8-9,12-13,15-17H2,1-7H3,(H,24,25);1H. The van der Waals surface area contributed by atoms with E-state index in [0.29, 0.717) is 5.92 Å². The molecular formula is C23H41IN4O2. The van der Waals surface area contributed by atoms with Gasteiger partial charge in [0.25, 0.3) is 0 Å². The van der Waals surface area contributed by atoms with Gasteiger partial charge in [-0.2, -0.15) is 0 Å². The molecule has 172 valence electrons. The monoisotopic (exact) mass is 532 g/mol. The number of hydrogen-bond donors (Lipinski definition) is 1. The molecule has 30 heavy (non-hydrogen) atoms. The van der Waals surface area contributed by atoms with Crippen molar-refractivity contribution in [3.8, 4) is 11.5 Å². The van der Waals surface area contributed by atoms with Crippen molar-refractivity contribution in [3.05, 3.63) is 23.8 Å². The van der Waals surface area contributed by atoms with E-state index in [1.807, 2.05) is 13.1 Å². The number of rotatable bonds is 9. The van der Waals surface area contributed by atoms with Gasteiger partial charge in [-0.15, -0.1) is 24.0 Å². The van der Waals surface area contributed by atoms with Gasteiger partial charge >= 0.3 is 0 Å². The van der Waals surface area contributed by atoms with Gasteiger partial charge in [-0.05, 0) is 43.1 Å². The van der Waals surface area contributed by atoms with Gasteiger partial charge in [-0.25, -0.2) is 0 Å². The Kier molecular flexibility index (Phi) is 11.3. The minimum atomic E-state index is -0.0736. The number of ether oxygens (including phenoxy) is 2. The normalized spacial score (nSPS) is 17.1. The van der Waals surface area contributed by atoms with Crippen LogP contribution < -0.4 is 14.8 Å². The lowest BCUT2D eigenvalue weighted by molar-refractivity contribution is 0.255. The number of benzene rings is 1. The quantitative estimate of drug-likeness (QED) is 0.298. The summed E-state index contributed by atoms with van der Waals surface area (Å²) in [5, 5.41) is 3.61. The smallest absolute Gasteiger partial charge is 0.193 e. The van der Waals surface area contributed by atoms with Gasteiger partial charge in [0, 0.05) is 38.6 Å². The highest BCUT2D eigenvalue weighted by Gasteiger charge is 2.28. The van der Waals surface area contributed by atoms with Crippen LogP contribution in [0.5, 0.6) is 11.5 Å². The maximum atomic E-state index is 5.48. The van der Waals surface area contributed by atoms with Crippen LogP contribution in [-0.4, -0.2) is 76.3 Å². The second kappa shape index (κ2) is 12.6. The zero-order valence-corrected chi connectivity index (χ0v) is 22.2. The Balaban J connectivity index is 0.00000450. The molecule has 1 unspecified atom stereocenters. The lowest BCUT2D eigenvalue weighted by Gasteiger charge is -2.30. The van der Waals surface area contributed by atoms with Crippen LogP contribution in [-0.2, 0) is 5.41 Å². The number of methoxy groups -OCH3 is 2. The van der Waals surface area contributed by atoms with Crippen molar-refractivity contribution in [1.29, 1.82) is 0 Å². The van der Waals surface area contributed by atoms with Gasteiger partial charge in [0.15, 0.2) is 17.5 Å². The fourth-order valence-corrected chi connectivity index (χ4v) is 4.01. The number of nitrogens with one attached hydrogen (secondary N) is 1. The summed E-state index contributed by atoms with van der Waals surface area (Å²) in [6.45, 7) is 15.3. The van der Waals surface area contributed by atoms with E-state index in [-0.39, 0.29) is 29.4 Å². The molecule has 0 radical (unpaired) electrons. The Morgan fingerprint density at radius 3 is 2.43 bits per heavy atom. The van der Waals surface area contributed by atoms with Crippen molar-refractivity contribution in [1.82, 2.24) is 15.1 Å². The Morgan fingerprint density at radius 2 is 1.87 bits per heavy atom. The largest absolute Gasteiger partial charge is 0.493 e. The van der Waals surface area contributed by atoms with Crippen molar-refractivity contribution in [3.63, 3.8) is 0 Å². The maximum Gasteiger partial charge on any atom is 0.193 e. The summed E-state index contributed by atoms with van der Waals surface area (Å²) in [6, 6.07) is 6.16. The molecule has 1 aliphatic heterocycles. The summed E-state index contributed by atoms with van der Waals surface area (Å²) in [7, 11) is 5.22. The molecule has 0 amide bonds. The van der Waals surface area contributed by atoms with Crippen molar-refractivity contribution in [2.75, 3.05) is 60.5 Å². The maximum absolute atomic E-state index is 5.48. The highest BCUT2D eigenvalue weighted by molar-refractivity contribution is 14.0. The zero-order valence-electron chi connectivity index (χ0n) is 19.8. The Morgan fingerprint density at radius 1 is 1.20 bits per heavy atom. The van der Waals surface area contributed by atoms with E-state index in [1.54, 1.807) is 14.2 Å². The first kappa shape index (κ1) is 26.8. The lowest BCUT2D eigenvalue weighted by Crippen LogP contribution is -2.45. The minimum Gasteiger partial charge on any atom is -0.493 e. The summed E-state index contributed by atoms with van der Waals surface area (Å²) in [5.41, 5.74) is 1.13. The summed E-state index contributed by atoms with van der Waals surface area (Å²) in [5.74, 6) is 3.24. The highest BCUT2D eigenvalue weighted by Crippen LogP contribution is 2.33. The van der Waals surface area contributed by atoms with E-state index in [1.165, 1.54) is 18.5 Å². The second-order valence-corrected chi connectivity index (χ2v) is 8.44. The first-order chi connectivity index (χ1) is 13.9. The molecule has 7 heteroatoms. The van der Waals surface area contributed by atoms with Crippen LogP contribution in [0.4, 0.5) is 0 Å². The van der Waals surface area contributed by atoms with Crippen LogP contribution in [0.2, 0.25) is 0 Å². The molecule has 0 aliphatic carbocycles. The van der Waals surface area contributed by atoms with Crippen molar-refractivity contribution in [2.45, 2.75) is 39.5 Å². The molecule has 1 aliphatic rings. The highest BCUT2D eigenvalue weighted by atomic mass is 127. The minimum absolute atomic E-state index is 0. The van der Waals surface area contributed by atoms with E-state index in [0.717, 1.165) is 50.2 Å². The van der Waals surface area contributed by atoms with Crippen LogP contribution in [0.15, 0.2) is 23.2 Å². The van der Waals surface area contributed by atoms with Crippen molar-refractivity contribution >= 4 is 29.9 Å². The van der Waals surface area contributed by atoms with Crippen LogP contribution in [0.25, 0.3) is 0 Å². The Labute approximate surface area is 200 Å². The molecule has 1 aromatic carbocycles. The van der Waals surface area contributed by atoms with Gasteiger partial charge in [-0.3, -0.25) is 4.99 Å². The molecule has 1 fully saturated rings. The lowest BCUT2D eigenvalue weighted by atomic mass is 9.84. The number of aliphatic imine (C=N–C) groups is 1. The number of hydrogen-bond acceptors (Lipinski definition) is 4. The molecule has 1 atom stereocenters. The predicted molar refractivity (Wildman–Crippen MR) is 137 cm³/mol. The van der Waals surface area contributed by atoms with Crippen molar-refractivity contribution in [2.24, 2.45) is 10.9 Å². The fraction of sp³-hybridized carbons (Fsp3) is 0.696. The molecule has 0 aromatic heterocycles. The summed E-state index contributed by atoms with van der Waals surface area (Å²) >= 11 is 0. The second-order valence-electron chi connectivity index (χ2n) is 8.44. The molecule has 0 spiro atoms. The fourth-order valence-electron chi connectivity index (χ4n) is 4.01. The summed E-state index contributed by atoms with van der Waals surface area (Å²) in [4.78, 5) is 9.48.